The highest BCUT2D eigenvalue weighted by atomic mass is 16.7. The van der Waals surface area contributed by atoms with Crippen molar-refractivity contribution in [3.05, 3.63) is 59.7 Å². The summed E-state index contributed by atoms with van der Waals surface area (Å²) < 4.78 is 10.6. The van der Waals surface area contributed by atoms with Crippen molar-refractivity contribution in [2.75, 3.05) is 13.3 Å². The zero-order valence-corrected chi connectivity index (χ0v) is 14.0. The largest absolute Gasteiger partial charge is 0.454 e. The lowest BCUT2D eigenvalue weighted by Gasteiger charge is -2.14. The van der Waals surface area contributed by atoms with Crippen LogP contribution in [0.1, 0.15) is 22.8 Å². The Morgan fingerprint density at radius 3 is 2.64 bits per heavy atom. The lowest BCUT2D eigenvalue weighted by Crippen LogP contribution is -2.45. The smallest absolute Gasteiger partial charge is 0.251 e. The molecule has 2 aromatic carbocycles. The molecule has 3 rings (SSSR count). The van der Waals surface area contributed by atoms with Crippen molar-refractivity contribution in [3.8, 4) is 11.5 Å². The number of hydrogen-bond acceptors (Lipinski definition) is 4. The normalized spacial score (nSPS) is 13.2. The highest BCUT2D eigenvalue weighted by Crippen LogP contribution is 2.32. The van der Waals surface area contributed by atoms with Crippen LogP contribution in [0, 0.1) is 0 Å². The summed E-state index contributed by atoms with van der Waals surface area (Å²) in [4.78, 5) is 24.2. The lowest BCUT2D eigenvalue weighted by atomic mass is 10.1. The number of nitrogens with one attached hydrogen (secondary N) is 2. The molecule has 6 nitrogen and oxygen atoms in total. The van der Waals surface area contributed by atoms with E-state index in [1.807, 2.05) is 24.3 Å². The fraction of sp³-hybridized carbons (Fsp3) is 0.263. The van der Waals surface area contributed by atoms with Gasteiger partial charge in [0.25, 0.3) is 5.91 Å². The molecule has 0 saturated heterocycles. The monoisotopic (exact) mass is 340 g/mol. The molecule has 25 heavy (non-hydrogen) atoms. The van der Waals surface area contributed by atoms with Gasteiger partial charge in [-0.25, -0.2) is 0 Å². The summed E-state index contributed by atoms with van der Waals surface area (Å²) in [7, 11) is 0. The van der Waals surface area contributed by atoms with E-state index in [-0.39, 0.29) is 18.6 Å². The predicted molar refractivity (Wildman–Crippen MR) is 92.6 cm³/mol. The second-order valence-corrected chi connectivity index (χ2v) is 5.79. The number of carbonyl (C=O) groups is 2. The average Bonchev–Trinajstić information content (AvgIpc) is 3.10. The Morgan fingerprint density at radius 2 is 1.84 bits per heavy atom. The van der Waals surface area contributed by atoms with E-state index < -0.39 is 6.04 Å². The number of carbonyl (C=O) groups excluding carboxylic acids is 2. The first kappa shape index (κ1) is 16.8. The van der Waals surface area contributed by atoms with Crippen LogP contribution in [0.25, 0.3) is 0 Å². The van der Waals surface area contributed by atoms with Crippen molar-refractivity contribution in [2.24, 2.45) is 0 Å². The van der Waals surface area contributed by atoms with Gasteiger partial charge >= 0.3 is 0 Å². The maximum absolute atomic E-state index is 12.1. The van der Waals surface area contributed by atoms with Crippen LogP contribution in [0.15, 0.2) is 48.5 Å². The van der Waals surface area contributed by atoms with Crippen LogP contribution in [0.4, 0.5) is 0 Å². The first-order valence-corrected chi connectivity index (χ1v) is 8.15. The predicted octanol–water partition coefficient (Wildman–Crippen LogP) is 1.89. The number of amides is 2. The molecule has 2 amide bonds. The van der Waals surface area contributed by atoms with Crippen molar-refractivity contribution in [1.82, 2.24) is 10.6 Å². The quantitative estimate of drug-likeness (QED) is 0.842. The third-order valence-electron chi connectivity index (χ3n) is 3.93. The van der Waals surface area contributed by atoms with E-state index in [1.54, 1.807) is 31.2 Å². The van der Waals surface area contributed by atoms with E-state index >= 15 is 0 Å². The van der Waals surface area contributed by atoms with Crippen LogP contribution in [0.2, 0.25) is 0 Å². The van der Waals surface area contributed by atoms with E-state index in [0.717, 1.165) is 17.1 Å². The molecule has 0 spiro atoms. The SMILES string of the molecule is CC(NC(=O)c1ccccc1)C(=O)NCCc1ccc2c(c1)OCO2. The van der Waals surface area contributed by atoms with Crippen molar-refractivity contribution >= 4 is 11.8 Å². The minimum absolute atomic E-state index is 0.218. The Hall–Kier alpha value is -3.02. The minimum Gasteiger partial charge on any atom is -0.454 e. The first-order chi connectivity index (χ1) is 12.1. The highest BCUT2D eigenvalue weighted by molar-refractivity contribution is 5.97. The summed E-state index contributed by atoms with van der Waals surface area (Å²) in [5, 5.41) is 5.52. The van der Waals surface area contributed by atoms with E-state index in [0.29, 0.717) is 18.5 Å². The summed E-state index contributed by atoms with van der Waals surface area (Å²) in [6.45, 7) is 2.38. The maximum atomic E-state index is 12.1. The lowest BCUT2D eigenvalue weighted by molar-refractivity contribution is -0.122. The molecule has 1 heterocycles. The molecule has 6 heteroatoms. The number of benzene rings is 2. The van der Waals surface area contributed by atoms with Gasteiger partial charge in [-0.1, -0.05) is 24.3 Å². The maximum Gasteiger partial charge on any atom is 0.251 e. The van der Waals surface area contributed by atoms with Gasteiger partial charge in [-0.3, -0.25) is 9.59 Å². The van der Waals surface area contributed by atoms with Gasteiger partial charge in [-0.2, -0.15) is 0 Å². The topological polar surface area (TPSA) is 76.7 Å². The molecular weight excluding hydrogens is 320 g/mol. The fourth-order valence-electron chi connectivity index (χ4n) is 2.51. The van der Waals surface area contributed by atoms with Gasteiger partial charge in [-0.15, -0.1) is 0 Å². The van der Waals surface area contributed by atoms with Crippen LogP contribution in [-0.2, 0) is 11.2 Å². The highest BCUT2D eigenvalue weighted by Gasteiger charge is 2.16. The third kappa shape index (κ3) is 4.29. The fourth-order valence-corrected chi connectivity index (χ4v) is 2.51. The number of rotatable bonds is 6. The molecule has 0 aliphatic carbocycles. The van der Waals surface area contributed by atoms with Gasteiger partial charge in [0.15, 0.2) is 11.5 Å². The van der Waals surface area contributed by atoms with Crippen LogP contribution in [0.5, 0.6) is 11.5 Å². The van der Waals surface area contributed by atoms with Gasteiger partial charge in [-0.05, 0) is 43.2 Å². The van der Waals surface area contributed by atoms with Crippen molar-refractivity contribution in [2.45, 2.75) is 19.4 Å². The summed E-state index contributed by atoms with van der Waals surface area (Å²) in [6, 6.07) is 13.9. The van der Waals surface area contributed by atoms with Crippen LogP contribution in [-0.4, -0.2) is 31.2 Å². The molecule has 130 valence electrons. The number of hydrogen-bond donors (Lipinski definition) is 2. The molecule has 0 aromatic heterocycles. The molecular formula is C19H20N2O4. The zero-order valence-electron chi connectivity index (χ0n) is 14.0. The Morgan fingerprint density at radius 1 is 1.08 bits per heavy atom. The van der Waals surface area contributed by atoms with E-state index in [2.05, 4.69) is 10.6 Å². The summed E-state index contributed by atoms with van der Waals surface area (Å²) in [5.74, 6) is 0.987. The van der Waals surface area contributed by atoms with Gasteiger partial charge < -0.3 is 20.1 Å². The molecule has 1 unspecified atom stereocenters. The van der Waals surface area contributed by atoms with E-state index in [4.69, 9.17) is 9.47 Å². The van der Waals surface area contributed by atoms with Crippen molar-refractivity contribution in [3.63, 3.8) is 0 Å². The molecule has 1 atom stereocenters. The third-order valence-corrected chi connectivity index (χ3v) is 3.93. The van der Waals surface area contributed by atoms with Crippen LogP contribution >= 0.6 is 0 Å². The van der Waals surface area contributed by atoms with Gasteiger partial charge in [0, 0.05) is 12.1 Å². The Bertz CT molecular complexity index is 761. The molecule has 0 radical (unpaired) electrons. The second-order valence-electron chi connectivity index (χ2n) is 5.79. The molecule has 1 aliphatic rings. The molecule has 0 saturated carbocycles. The number of fused-ring (bicyclic) bond motifs is 1. The van der Waals surface area contributed by atoms with Gasteiger partial charge in [0.05, 0.1) is 0 Å². The van der Waals surface area contributed by atoms with Crippen LogP contribution in [0.3, 0.4) is 0 Å². The van der Waals surface area contributed by atoms with Gasteiger partial charge in [0.1, 0.15) is 6.04 Å². The standard InChI is InChI=1S/C19H20N2O4/c1-13(21-19(23)15-5-3-2-4-6-15)18(22)20-10-9-14-7-8-16-17(11-14)25-12-24-16/h2-8,11,13H,9-10,12H2,1H3,(H,20,22)(H,21,23). The van der Waals surface area contributed by atoms with Crippen LogP contribution < -0.4 is 20.1 Å². The first-order valence-electron chi connectivity index (χ1n) is 8.15. The molecule has 2 N–H and O–H groups in total. The Balaban J connectivity index is 1.45. The molecule has 0 bridgehead atoms. The molecule has 0 fully saturated rings. The Kier molecular flexibility index (Phi) is 5.18. The zero-order chi connectivity index (χ0) is 17.6. The van der Waals surface area contributed by atoms with E-state index in [9.17, 15) is 9.59 Å². The average molecular weight is 340 g/mol. The van der Waals surface area contributed by atoms with Crippen molar-refractivity contribution in [1.29, 1.82) is 0 Å². The van der Waals surface area contributed by atoms with Crippen molar-refractivity contribution < 1.29 is 19.1 Å². The summed E-state index contributed by atoms with van der Waals surface area (Å²) in [6.07, 6.45) is 0.668. The molecule has 1 aliphatic heterocycles. The number of ether oxygens (including phenoxy) is 2. The second kappa shape index (κ2) is 7.70. The molecule has 2 aromatic rings. The Labute approximate surface area is 146 Å². The van der Waals surface area contributed by atoms with E-state index in [1.165, 1.54) is 0 Å². The van der Waals surface area contributed by atoms with Gasteiger partial charge in [0.2, 0.25) is 12.7 Å². The summed E-state index contributed by atoms with van der Waals surface area (Å²) >= 11 is 0. The summed E-state index contributed by atoms with van der Waals surface area (Å²) in [5.41, 5.74) is 1.58. The minimum atomic E-state index is -0.607.